The van der Waals surface area contributed by atoms with E-state index in [2.05, 4.69) is 0 Å². The lowest BCUT2D eigenvalue weighted by atomic mass is 10.1. The minimum absolute atomic E-state index is 0. The van der Waals surface area contributed by atoms with Crippen LogP contribution < -0.4 is 5.73 Å². The first-order valence-electron chi connectivity index (χ1n) is 7.06. The van der Waals surface area contributed by atoms with Gasteiger partial charge in [0, 0.05) is 44.7 Å². The molecule has 1 aliphatic heterocycles. The SMILES string of the molecule is Cc1ccc(C(=O)N2CCN(C(=O)CCN)CC2)cc1F.Cl. The van der Waals surface area contributed by atoms with Crippen LogP contribution in [0.3, 0.4) is 0 Å². The van der Waals surface area contributed by atoms with E-state index in [1.165, 1.54) is 6.07 Å². The van der Waals surface area contributed by atoms with Gasteiger partial charge in [-0.3, -0.25) is 9.59 Å². The lowest BCUT2D eigenvalue weighted by Crippen LogP contribution is -2.50. The van der Waals surface area contributed by atoms with E-state index >= 15 is 0 Å². The van der Waals surface area contributed by atoms with Crippen LogP contribution >= 0.6 is 12.4 Å². The second-order valence-electron chi connectivity index (χ2n) is 5.18. The van der Waals surface area contributed by atoms with E-state index in [0.717, 1.165) is 0 Å². The number of halogens is 2. The van der Waals surface area contributed by atoms with E-state index in [0.29, 0.717) is 50.3 Å². The summed E-state index contributed by atoms with van der Waals surface area (Å²) in [5, 5.41) is 0. The molecule has 0 spiro atoms. The fourth-order valence-electron chi connectivity index (χ4n) is 2.35. The van der Waals surface area contributed by atoms with Crippen molar-refractivity contribution in [3.8, 4) is 0 Å². The standard InChI is InChI=1S/C15H20FN3O2.ClH/c1-11-2-3-12(10-13(11)16)15(21)19-8-6-18(7-9-19)14(20)4-5-17;/h2-3,10H,4-9,17H2,1H3;1H. The maximum absolute atomic E-state index is 13.5. The maximum Gasteiger partial charge on any atom is 0.254 e. The van der Waals surface area contributed by atoms with Gasteiger partial charge in [-0.15, -0.1) is 12.4 Å². The van der Waals surface area contributed by atoms with E-state index < -0.39 is 0 Å². The summed E-state index contributed by atoms with van der Waals surface area (Å²) in [6, 6.07) is 4.50. The van der Waals surface area contributed by atoms with Crippen LogP contribution in [0.25, 0.3) is 0 Å². The highest BCUT2D eigenvalue weighted by Gasteiger charge is 2.24. The monoisotopic (exact) mass is 329 g/mol. The van der Waals surface area contributed by atoms with Crippen molar-refractivity contribution in [2.45, 2.75) is 13.3 Å². The average Bonchev–Trinajstić information content (AvgIpc) is 2.50. The molecule has 0 saturated carbocycles. The second kappa shape index (κ2) is 8.10. The Hall–Kier alpha value is -1.66. The van der Waals surface area contributed by atoms with Gasteiger partial charge in [0.05, 0.1) is 0 Å². The number of carbonyl (C=O) groups is 2. The van der Waals surface area contributed by atoms with Crippen LogP contribution in [0.15, 0.2) is 18.2 Å². The Bertz CT molecular complexity index is 546. The number of nitrogens with two attached hydrogens (primary N) is 1. The van der Waals surface area contributed by atoms with Crippen LogP contribution in [0, 0.1) is 12.7 Å². The van der Waals surface area contributed by atoms with Crippen LogP contribution in [0.5, 0.6) is 0 Å². The average molecular weight is 330 g/mol. The first-order chi connectivity index (χ1) is 10.0. The third-order valence-electron chi connectivity index (χ3n) is 3.70. The highest BCUT2D eigenvalue weighted by molar-refractivity contribution is 5.94. The molecule has 1 aromatic carbocycles. The van der Waals surface area contributed by atoms with Gasteiger partial charge in [-0.05, 0) is 24.6 Å². The molecule has 1 heterocycles. The normalized spacial score (nSPS) is 14.5. The van der Waals surface area contributed by atoms with E-state index in [4.69, 9.17) is 5.73 Å². The number of amides is 2. The summed E-state index contributed by atoms with van der Waals surface area (Å²) in [7, 11) is 0. The Labute approximate surface area is 135 Å². The van der Waals surface area contributed by atoms with Crippen molar-refractivity contribution in [1.29, 1.82) is 0 Å². The molecule has 0 bridgehead atoms. The number of hydrogen-bond acceptors (Lipinski definition) is 3. The van der Waals surface area contributed by atoms with Gasteiger partial charge >= 0.3 is 0 Å². The second-order valence-corrected chi connectivity index (χ2v) is 5.18. The summed E-state index contributed by atoms with van der Waals surface area (Å²) < 4.78 is 13.5. The molecule has 5 nitrogen and oxygen atoms in total. The summed E-state index contributed by atoms with van der Waals surface area (Å²) in [5.74, 6) is -0.552. The molecule has 0 unspecified atom stereocenters. The number of rotatable bonds is 3. The van der Waals surface area contributed by atoms with Gasteiger partial charge < -0.3 is 15.5 Å². The van der Waals surface area contributed by atoms with Crippen LogP contribution in [0.4, 0.5) is 4.39 Å². The molecular weight excluding hydrogens is 309 g/mol. The van der Waals surface area contributed by atoms with Crippen LogP contribution in [-0.4, -0.2) is 54.3 Å². The highest BCUT2D eigenvalue weighted by atomic mass is 35.5. The first-order valence-corrected chi connectivity index (χ1v) is 7.06. The molecule has 122 valence electrons. The largest absolute Gasteiger partial charge is 0.339 e. The number of carbonyl (C=O) groups excluding carboxylic acids is 2. The molecule has 1 aliphatic rings. The minimum Gasteiger partial charge on any atom is -0.339 e. The summed E-state index contributed by atoms with van der Waals surface area (Å²) in [5.41, 5.74) is 6.23. The summed E-state index contributed by atoms with van der Waals surface area (Å²) in [6.45, 7) is 3.92. The third-order valence-corrected chi connectivity index (χ3v) is 3.70. The van der Waals surface area contributed by atoms with Crippen molar-refractivity contribution >= 4 is 24.2 Å². The fraction of sp³-hybridized carbons (Fsp3) is 0.467. The highest BCUT2D eigenvalue weighted by Crippen LogP contribution is 2.13. The lowest BCUT2D eigenvalue weighted by molar-refractivity contribution is -0.132. The van der Waals surface area contributed by atoms with Gasteiger partial charge in [-0.1, -0.05) is 6.07 Å². The van der Waals surface area contributed by atoms with Gasteiger partial charge in [-0.25, -0.2) is 4.39 Å². The molecule has 2 N–H and O–H groups in total. The molecule has 7 heteroatoms. The number of piperazine rings is 1. The molecule has 1 fully saturated rings. The Morgan fingerprint density at radius 2 is 1.77 bits per heavy atom. The number of nitrogens with zero attached hydrogens (tertiary/aromatic N) is 2. The first kappa shape index (κ1) is 18.4. The smallest absolute Gasteiger partial charge is 0.254 e. The van der Waals surface area contributed by atoms with E-state index in [-0.39, 0.29) is 30.0 Å². The Morgan fingerprint density at radius 3 is 2.32 bits per heavy atom. The quantitative estimate of drug-likeness (QED) is 0.906. The minimum atomic E-state index is -0.377. The zero-order valence-electron chi connectivity index (χ0n) is 12.5. The summed E-state index contributed by atoms with van der Waals surface area (Å²) >= 11 is 0. The summed E-state index contributed by atoms with van der Waals surface area (Å²) in [4.78, 5) is 27.4. The lowest BCUT2D eigenvalue weighted by Gasteiger charge is -2.34. The predicted molar refractivity (Wildman–Crippen MR) is 84.5 cm³/mol. The Morgan fingerprint density at radius 1 is 1.18 bits per heavy atom. The Kier molecular flexibility index (Phi) is 6.77. The fourth-order valence-corrected chi connectivity index (χ4v) is 2.35. The zero-order chi connectivity index (χ0) is 15.4. The number of hydrogen-bond donors (Lipinski definition) is 1. The maximum atomic E-state index is 13.5. The molecular formula is C15H21ClFN3O2. The molecule has 0 radical (unpaired) electrons. The van der Waals surface area contributed by atoms with Gasteiger partial charge in [0.15, 0.2) is 0 Å². The van der Waals surface area contributed by atoms with Gasteiger partial charge in [0.25, 0.3) is 5.91 Å². The van der Waals surface area contributed by atoms with Crippen molar-refractivity contribution in [3.63, 3.8) is 0 Å². The van der Waals surface area contributed by atoms with Crippen molar-refractivity contribution in [2.24, 2.45) is 5.73 Å². The van der Waals surface area contributed by atoms with Crippen LogP contribution in [0.2, 0.25) is 0 Å². The van der Waals surface area contributed by atoms with Crippen molar-refractivity contribution < 1.29 is 14.0 Å². The molecule has 1 saturated heterocycles. The molecule has 1 aromatic rings. The number of aryl methyl sites for hydroxylation is 1. The van der Waals surface area contributed by atoms with E-state index in [9.17, 15) is 14.0 Å². The van der Waals surface area contributed by atoms with Crippen molar-refractivity contribution in [1.82, 2.24) is 9.80 Å². The van der Waals surface area contributed by atoms with E-state index in [1.807, 2.05) is 0 Å². The third kappa shape index (κ3) is 4.18. The van der Waals surface area contributed by atoms with Crippen LogP contribution in [-0.2, 0) is 4.79 Å². The predicted octanol–water partition coefficient (Wildman–Crippen LogP) is 1.19. The van der Waals surface area contributed by atoms with Crippen molar-refractivity contribution in [3.05, 3.63) is 35.1 Å². The zero-order valence-corrected chi connectivity index (χ0v) is 13.4. The summed E-state index contributed by atoms with van der Waals surface area (Å²) in [6.07, 6.45) is 0.330. The molecule has 2 amide bonds. The van der Waals surface area contributed by atoms with Gasteiger partial charge in [-0.2, -0.15) is 0 Å². The molecule has 2 rings (SSSR count). The molecule has 0 aliphatic carbocycles. The Balaban J connectivity index is 0.00000242. The molecule has 0 aromatic heterocycles. The molecule has 22 heavy (non-hydrogen) atoms. The topological polar surface area (TPSA) is 66.6 Å². The van der Waals surface area contributed by atoms with Crippen LogP contribution in [0.1, 0.15) is 22.3 Å². The van der Waals surface area contributed by atoms with E-state index in [1.54, 1.807) is 28.9 Å². The van der Waals surface area contributed by atoms with Gasteiger partial charge in [0.1, 0.15) is 5.82 Å². The van der Waals surface area contributed by atoms with Gasteiger partial charge in [0.2, 0.25) is 5.91 Å². The number of benzene rings is 1. The van der Waals surface area contributed by atoms with Crippen molar-refractivity contribution in [2.75, 3.05) is 32.7 Å². The molecule has 0 atom stereocenters.